The number of aromatic nitrogens is 3. The molecule has 3 aromatic carbocycles. The van der Waals surface area contributed by atoms with Gasteiger partial charge in [0, 0.05) is 0 Å². The zero-order chi connectivity index (χ0) is 20.8. The Hall–Kier alpha value is -3.16. The molecule has 6 rings (SSSR count). The van der Waals surface area contributed by atoms with Crippen LogP contribution in [0.2, 0.25) is 0 Å². The molecule has 0 aliphatic carbocycles. The van der Waals surface area contributed by atoms with Gasteiger partial charge in [0.25, 0.3) is 0 Å². The molecule has 0 fully saturated rings. The predicted molar refractivity (Wildman–Crippen MR) is 127 cm³/mol. The minimum Gasteiger partial charge on any atom is -0.280 e. The van der Waals surface area contributed by atoms with Crippen molar-refractivity contribution in [1.29, 1.82) is 0 Å². The van der Waals surface area contributed by atoms with Crippen LogP contribution in [0.1, 0.15) is 11.1 Å². The van der Waals surface area contributed by atoms with E-state index in [2.05, 4.69) is 34.5 Å². The van der Waals surface area contributed by atoms with Crippen LogP contribution in [0.25, 0.3) is 15.2 Å². The molecule has 0 bridgehead atoms. The van der Waals surface area contributed by atoms with E-state index in [1.807, 2.05) is 57.8 Å². The smallest absolute Gasteiger partial charge is 0.242 e. The number of para-hydroxylation sites is 3. The van der Waals surface area contributed by atoms with Crippen molar-refractivity contribution in [3.05, 3.63) is 83.9 Å². The van der Waals surface area contributed by atoms with E-state index in [4.69, 9.17) is 0 Å². The SMILES string of the molecule is O=C(CSc1nnc2sc3ccccc3n12)N1c2ccccc2CCc2ccccc21. The third kappa shape index (κ3) is 3.12. The molecule has 3 heterocycles. The number of benzene rings is 3. The van der Waals surface area contributed by atoms with Crippen LogP contribution in [-0.2, 0) is 17.6 Å². The van der Waals surface area contributed by atoms with Crippen LogP contribution < -0.4 is 4.90 Å². The van der Waals surface area contributed by atoms with Crippen molar-refractivity contribution in [3.8, 4) is 0 Å². The molecular weight excluding hydrogens is 424 g/mol. The highest BCUT2D eigenvalue weighted by Gasteiger charge is 2.26. The molecule has 152 valence electrons. The van der Waals surface area contributed by atoms with Crippen molar-refractivity contribution in [2.24, 2.45) is 0 Å². The second-order valence-electron chi connectivity index (χ2n) is 7.45. The number of hydrogen-bond acceptors (Lipinski definition) is 5. The lowest BCUT2D eigenvalue weighted by atomic mass is 10.0. The number of thioether (sulfide) groups is 1. The van der Waals surface area contributed by atoms with Crippen molar-refractivity contribution < 1.29 is 4.79 Å². The molecule has 0 unspecified atom stereocenters. The van der Waals surface area contributed by atoms with Gasteiger partial charge in [-0.25, -0.2) is 0 Å². The lowest BCUT2D eigenvalue weighted by Crippen LogP contribution is -2.28. The Bertz CT molecular complexity index is 1390. The van der Waals surface area contributed by atoms with E-state index >= 15 is 0 Å². The number of anilines is 2. The molecule has 1 aliphatic heterocycles. The van der Waals surface area contributed by atoms with Gasteiger partial charge in [-0.15, -0.1) is 10.2 Å². The maximum atomic E-state index is 13.6. The number of thiazole rings is 1. The van der Waals surface area contributed by atoms with Gasteiger partial charge in [-0.05, 0) is 48.2 Å². The summed E-state index contributed by atoms with van der Waals surface area (Å²) in [5.41, 5.74) is 5.43. The highest BCUT2D eigenvalue weighted by Crippen LogP contribution is 2.37. The highest BCUT2D eigenvalue weighted by atomic mass is 32.2. The van der Waals surface area contributed by atoms with Crippen LogP contribution in [-0.4, -0.2) is 26.3 Å². The van der Waals surface area contributed by atoms with Gasteiger partial charge >= 0.3 is 0 Å². The molecule has 31 heavy (non-hydrogen) atoms. The maximum absolute atomic E-state index is 13.6. The average molecular weight is 443 g/mol. The van der Waals surface area contributed by atoms with E-state index in [0.29, 0.717) is 0 Å². The third-order valence-corrected chi connectivity index (χ3v) is 7.54. The zero-order valence-corrected chi connectivity index (χ0v) is 18.2. The third-order valence-electron chi connectivity index (χ3n) is 5.61. The van der Waals surface area contributed by atoms with Gasteiger partial charge in [0.2, 0.25) is 10.9 Å². The van der Waals surface area contributed by atoms with E-state index in [-0.39, 0.29) is 11.7 Å². The molecule has 2 aromatic heterocycles. The van der Waals surface area contributed by atoms with Gasteiger partial charge in [0.05, 0.1) is 27.3 Å². The van der Waals surface area contributed by atoms with Crippen LogP contribution in [0.4, 0.5) is 11.4 Å². The minimum absolute atomic E-state index is 0.0445. The van der Waals surface area contributed by atoms with E-state index in [1.54, 1.807) is 11.3 Å². The number of carbonyl (C=O) groups excluding carboxylic acids is 1. The molecule has 0 spiro atoms. The van der Waals surface area contributed by atoms with Crippen LogP contribution in [0, 0.1) is 0 Å². The van der Waals surface area contributed by atoms with Gasteiger partial charge in [-0.3, -0.25) is 14.1 Å². The molecule has 0 atom stereocenters. The summed E-state index contributed by atoms with van der Waals surface area (Å²) in [5, 5.41) is 9.41. The molecule has 0 saturated heterocycles. The second-order valence-corrected chi connectivity index (χ2v) is 9.40. The fraction of sp³-hybridized carbons (Fsp3) is 0.125. The van der Waals surface area contributed by atoms with Crippen molar-refractivity contribution in [2.45, 2.75) is 18.0 Å². The first kappa shape index (κ1) is 18.6. The Kier molecular flexibility index (Phi) is 4.51. The number of amides is 1. The lowest BCUT2D eigenvalue weighted by Gasteiger charge is -2.24. The first-order valence-electron chi connectivity index (χ1n) is 10.1. The minimum atomic E-state index is 0.0445. The summed E-state index contributed by atoms with van der Waals surface area (Å²) in [6, 6.07) is 24.6. The summed E-state index contributed by atoms with van der Waals surface area (Å²) >= 11 is 3.05. The average Bonchev–Trinajstić information content (AvgIpc) is 3.32. The predicted octanol–water partition coefficient (Wildman–Crippen LogP) is 5.50. The monoisotopic (exact) mass is 442 g/mol. The molecule has 5 nitrogen and oxygen atoms in total. The topological polar surface area (TPSA) is 50.5 Å². The van der Waals surface area contributed by atoms with E-state index in [1.165, 1.54) is 22.9 Å². The lowest BCUT2D eigenvalue weighted by molar-refractivity contribution is -0.115. The second kappa shape index (κ2) is 7.51. The Morgan fingerprint density at radius 2 is 1.52 bits per heavy atom. The molecular formula is C24H18N4OS2. The zero-order valence-electron chi connectivity index (χ0n) is 16.6. The van der Waals surface area contributed by atoms with Gasteiger partial charge in [-0.2, -0.15) is 0 Å². The van der Waals surface area contributed by atoms with Crippen molar-refractivity contribution in [3.63, 3.8) is 0 Å². The van der Waals surface area contributed by atoms with Crippen LogP contribution in [0.15, 0.2) is 78.0 Å². The fourth-order valence-corrected chi connectivity index (χ4v) is 6.01. The summed E-state index contributed by atoms with van der Waals surface area (Å²) in [6.45, 7) is 0. The highest BCUT2D eigenvalue weighted by molar-refractivity contribution is 7.99. The number of hydrogen-bond donors (Lipinski definition) is 0. The van der Waals surface area contributed by atoms with E-state index in [9.17, 15) is 4.79 Å². The van der Waals surface area contributed by atoms with Gasteiger partial charge in [0.1, 0.15) is 0 Å². The Morgan fingerprint density at radius 3 is 2.26 bits per heavy atom. The number of rotatable bonds is 3. The summed E-state index contributed by atoms with van der Waals surface area (Å²) in [6.07, 6.45) is 1.85. The molecule has 1 amide bonds. The molecule has 0 saturated carbocycles. The van der Waals surface area contributed by atoms with E-state index < -0.39 is 0 Å². The first-order chi connectivity index (χ1) is 15.3. The van der Waals surface area contributed by atoms with Gasteiger partial charge < -0.3 is 0 Å². The largest absolute Gasteiger partial charge is 0.280 e. The fourth-order valence-electron chi connectivity index (χ4n) is 4.19. The van der Waals surface area contributed by atoms with Crippen molar-refractivity contribution >= 4 is 55.6 Å². The molecule has 5 aromatic rings. The summed E-state index contributed by atoms with van der Waals surface area (Å²) < 4.78 is 3.21. The van der Waals surface area contributed by atoms with Gasteiger partial charge in [-0.1, -0.05) is 71.6 Å². The normalized spacial score (nSPS) is 13.2. The molecule has 1 aliphatic rings. The Balaban J connectivity index is 1.36. The van der Waals surface area contributed by atoms with E-state index in [0.717, 1.165) is 44.6 Å². The number of aryl methyl sites for hydroxylation is 2. The van der Waals surface area contributed by atoms with Crippen LogP contribution >= 0.6 is 23.1 Å². The van der Waals surface area contributed by atoms with Crippen molar-refractivity contribution in [1.82, 2.24) is 14.6 Å². The summed E-state index contributed by atoms with van der Waals surface area (Å²) in [5.74, 6) is 0.330. The summed E-state index contributed by atoms with van der Waals surface area (Å²) in [7, 11) is 0. The molecule has 7 heteroatoms. The quantitative estimate of drug-likeness (QED) is 0.346. The van der Waals surface area contributed by atoms with Crippen molar-refractivity contribution in [2.75, 3.05) is 10.7 Å². The first-order valence-corrected chi connectivity index (χ1v) is 11.9. The summed E-state index contributed by atoms with van der Waals surface area (Å²) in [4.78, 5) is 16.3. The van der Waals surface area contributed by atoms with Crippen LogP contribution in [0.5, 0.6) is 0 Å². The number of fused-ring (bicyclic) bond motifs is 5. The standard InChI is InChI=1S/C24H18N4OS2/c29-22(15-30-23-25-26-24-28(23)20-11-5-6-12-21(20)31-24)27-18-9-3-1-7-16(18)13-14-17-8-2-4-10-19(17)27/h1-12H,13-15H2. The molecule has 0 N–H and O–H groups in total. The Labute approximate surface area is 187 Å². The van der Waals surface area contributed by atoms with Gasteiger partial charge in [0.15, 0.2) is 5.16 Å². The number of carbonyl (C=O) groups is 1. The number of nitrogens with zero attached hydrogens (tertiary/aromatic N) is 4. The molecule has 0 radical (unpaired) electrons. The van der Waals surface area contributed by atoms with Crippen LogP contribution in [0.3, 0.4) is 0 Å². The maximum Gasteiger partial charge on any atom is 0.242 e. The Morgan fingerprint density at radius 1 is 0.871 bits per heavy atom.